The number of carbonyl (C=O) groups is 1. The molecule has 0 spiro atoms. The van der Waals surface area contributed by atoms with E-state index in [4.69, 9.17) is 10.7 Å². The summed E-state index contributed by atoms with van der Waals surface area (Å²) in [5.74, 6) is 0.0225. The monoisotopic (exact) mass is 322 g/mol. The van der Waals surface area contributed by atoms with Gasteiger partial charge in [-0.1, -0.05) is 23.8 Å². The molecule has 0 bridgehead atoms. The lowest BCUT2D eigenvalue weighted by Gasteiger charge is -2.10. The van der Waals surface area contributed by atoms with E-state index in [9.17, 15) is 4.79 Å². The van der Waals surface area contributed by atoms with E-state index in [0.29, 0.717) is 10.6 Å². The Balaban J connectivity index is 2.06. The van der Waals surface area contributed by atoms with Crippen LogP contribution in [-0.2, 0) is 12.8 Å². The molecule has 4 rings (SSSR count). The summed E-state index contributed by atoms with van der Waals surface area (Å²) in [6.45, 7) is 3.67. The van der Waals surface area contributed by atoms with Gasteiger partial charge < -0.3 is 5.73 Å². The van der Waals surface area contributed by atoms with E-state index in [0.717, 1.165) is 40.7 Å². The molecule has 0 radical (unpaired) electrons. The Labute approximate surface area is 139 Å². The van der Waals surface area contributed by atoms with E-state index in [-0.39, 0.29) is 5.78 Å². The molecule has 23 heavy (non-hydrogen) atoms. The summed E-state index contributed by atoms with van der Waals surface area (Å²) in [6, 6.07) is 8.46. The lowest BCUT2D eigenvalue weighted by atomic mass is 9.99. The minimum absolute atomic E-state index is 0.0225. The van der Waals surface area contributed by atoms with E-state index in [1.54, 1.807) is 6.92 Å². The molecule has 0 aliphatic heterocycles. The number of nitrogens with two attached hydrogens (primary N) is 1. The first kappa shape index (κ1) is 14.4. The Morgan fingerprint density at radius 3 is 2.78 bits per heavy atom. The first-order valence-corrected chi connectivity index (χ1v) is 8.69. The van der Waals surface area contributed by atoms with Gasteiger partial charge in [-0.05, 0) is 43.4 Å². The fraction of sp³-hybridized carbons (Fsp3) is 0.263. The van der Waals surface area contributed by atoms with Crippen LogP contribution in [0.15, 0.2) is 24.3 Å². The van der Waals surface area contributed by atoms with E-state index in [1.165, 1.54) is 28.0 Å². The zero-order valence-corrected chi connectivity index (χ0v) is 14.1. The molecule has 3 aromatic rings. The predicted molar refractivity (Wildman–Crippen MR) is 96.2 cm³/mol. The average molecular weight is 322 g/mol. The summed E-state index contributed by atoms with van der Waals surface area (Å²) in [5.41, 5.74) is 12.9. The molecule has 2 heterocycles. The number of hydrogen-bond donors (Lipinski definition) is 1. The lowest BCUT2D eigenvalue weighted by molar-refractivity contribution is 0.102. The molecule has 0 saturated heterocycles. The minimum atomic E-state index is 0.0225. The molecule has 116 valence electrons. The zero-order valence-electron chi connectivity index (χ0n) is 13.3. The number of thiophene rings is 1. The SMILES string of the molecule is CC(=O)c1sc2nc(-c3cccc(C)c3)c3c(c2c1N)CCC3. The van der Waals surface area contributed by atoms with Crippen LogP contribution in [0.4, 0.5) is 5.69 Å². The number of fused-ring (bicyclic) bond motifs is 3. The molecule has 3 nitrogen and oxygen atoms in total. The number of anilines is 1. The van der Waals surface area contributed by atoms with Crippen LogP contribution in [0.3, 0.4) is 0 Å². The minimum Gasteiger partial charge on any atom is -0.397 e. The maximum atomic E-state index is 11.8. The highest BCUT2D eigenvalue weighted by atomic mass is 32.1. The first-order valence-electron chi connectivity index (χ1n) is 7.88. The van der Waals surface area contributed by atoms with Gasteiger partial charge in [0.25, 0.3) is 0 Å². The van der Waals surface area contributed by atoms with Crippen LogP contribution >= 0.6 is 11.3 Å². The molecule has 0 amide bonds. The fourth-order valence-corrected chi connectivity index (χ4v) is 4.57. The van der Waals surface area contributed by atoms with Crippen molar-refractivity contribution in [3.8, 4) is 11.3 Å². The van der Waals surface area contributed by atoms with Crippen molar-refractivity contribution >= 4 is 33.0 Å². The summed E-state index contributed by atoms with van der Waals surface area (Å²) < 4.78 is 0. The van der Waals surface area contributed by atoms with E-state index in [1.807, 2.05) is 0 Å². The second-order valence-electron chi connectivity index (χ2n) is 6.22. The first-order chi connectivity index (χ1) is 11.1. The number of Topliss-reactive ketones (excluding diaryl/α,β-unsaturated/α-hetero) is 1. The number of pyridine rings is 1. The number of rotatable bonds is 2. The van der Waals surface area contributed by atoms with Crippen LogP contribution in [0.5, 0.6) is 0 Å². The van der Waals surface area contributed by atoms with Crippen LogP contribution in [-0.4, -0.2) is 10.8 Å². The van der Waals surface area contributed by atoms with Crippen LogP contribution < -0.4 is 5.73 Å². The van der Waals surface area contributed by atoms with Crippen LogP contribution in [0, 0.1) is 6.92 Å². The van der Waals surface area contributed by atoms with Crippen molar-refractivity contribution < 1.29 is 4.79 Å². The smallest absolute Gasteiger partial charge is 0.171 e. The van der Waals surface area contributed by atoms with Crippen molar-refractivity contribution in [3.63, 3.8) is 0 Å². The number of aryl methyl sites for hydroxylation is 2. The van der Waals surface area contributed by atoms with Crippen molar-refractivity contribution in [1.82, 2.24) is 4.98 Å². The molecular weight excluding hydrogens is 304 g/mol. The summed E-state index contributed by atoms with van der Waals surface area (Å²) in [5, 5.41) is 1.02. The van der Waals surface area contributed by atoms with Gasteiger partial charge in [0.1, 0.15) is 4.83 Å². The van der Waals surface area contributed by atoms with Crippen molar-refractivity contribution in [2.24, 2.45) is 0 Å². The highest BCUT2D eigenvalue weighted by Crippen LogP contribution is 2.42. The Morgan fingerprint density at radius 1 is 1.26 bits per heavy atom. The Bertz CT molecular complexity index is 956. The van der Waals surface area contributed by atoms with Gasteiger partial charge in [-0.15, -0.1) is 11.3 Å². The number of carbonyl (C=O) groups excluding carboxylic acids is 1. The van der Waals surface area contributed by atoms with Crippen molar-refractivity contribution in [2.75, 3.05) is 5.73 Å². The third-order valence-electron chi connectivity index (χ3n) is 4.56. The molecule has 1 aromatic carbocycles. The molecule has 2 aromatic heterocycles. The van der Waals surface area contributed by atoms with Gasteiger partial charge in [0.05, 0.1) is 16.3 Å². The standard InChI is InChI=1S/C19H18N2OS/c1-10-5-3-6-12(9-10)17-14-8-4-7-13(14)15-16(20)18(11(2)22)23-19(15)21-17/h3,5-6,9H,4,7-8,20H2,1-2H3. The molecule has 0 fully saturated rings. The molecule has 2 N–H and O–H groups in total. The third kappa shape index (κ3) is 2.17. The van der Waals surface area contributed by atoms with Gasteiger partial charge in [-0.3, -0.25) is 4.79 Å². The quantitative estimate of drug-likeness (QED) is 0.704. The summed E-state index contributed by atoms with van der Waals surface area (Å²) in [6.07, 6.45) is 3.18. The molecule has 1 aliphatic rings. The number of aromatic nitrogens is 1. The fourth-order valence-electron chi connectivity index (χ4n) is 3.54. The average Bonchev–Trinajstić information content (AvgIpc) is 3.10. The number of nitrogens with zero attached hydrogens (tertiary/aromatic N) is 1. The molecule has 4 heteroatoms. The van der Waals surface area contributed by atoms with Gasteiger partial charge in [0, 0.05) is 17.9 Å². The van der Waals surface area contributed by atoms with E-state index in [2.05, 4.69) is 31.2 Å². The highest BCUT2D eigenvalue weighted by Gasteiger charge is 2.25. The largest absolute Gasteiger partial charge is 0.397 e. The molecule has 0 atom stereocenters. The Morgan fingerprint density at radius 2 is 2.04 bits per heavy atom. The lowest BCUT2D eigenvalue weighted by Crippen LogP contribution is -1.97. The summed E-state index contributed by atoms with van der Waals surface area (Å²) >= 11 is 1.43. The third-order valence-corrected chi connectivity index (χ3v) is 5.76. The normalized spacial score (nSPS) is 13.5. The number of hydrogen-bond acceptors (Lipinski definition) is 4. The molecule has 1 aliphatic carbocycles. The van der Waals surface area contributed by atoms with Gasteiger partial charge >= 0.3 is 0 Å². The van der Waals surface area contributed by atoms with Crippen LogP contribution in [0.1, 0.15) is 39.7 Å². The Kier molecular flexibility index (Phi) is 3.23. The molecular formula is C19H18N2OS. The molecule has 0 saturated carbocycles. The van der Waals surface area contributed by atoms with Crippen molar-refractivity contribution in [2.45, 2.75) is 33.1 Å². The number of benzene rings is 1. The molecule has 0 unspecified atom stereocenters. The second-order valence-corrected chi connectivity index (χ2v) is 7.22. The van der Waals surface area contributed by atoms with Gasteiger partial charge in [-0.2, -0.15) is 0 Å². The van der Waals surface area contributed by atoms with Gasteiger partial charge in [-0.25, -0.2) is 4.98 Å². The highest BCUT2D eigenvalue weighted by molar-refractivity contribution is 7.21. The number of ketones is 1. The van der Waals surface area contributed by atoms with Crippen LogP contribution in [0.25, 0.3) is 21.5 Å². The Hall–Kier alpha value is -2.20. The maximum absolute atomic E-state index is 11.8. The zero-order chi connectivity index (χ0) is 16.1. The number of nitrogen functional groups attached to an aromatic ring is 1. The van der Waals surface area contributed by atoms with E-state index < -0.39 is 0 Å². The second kappa shape index (κ2) is 5.17. The summed E-state index contributed by atoms with van der Waals surface area (Å²) in [7, 11) is 0. The van der Waals surface area contributed by atoms with Gasteiger partial charge in [0.2, 0.25) is 0 Å². The maximum Gasteiger partial charge on any atom is 0.171 e. The predicted octanol–water partition coefficient (Wildman–Crippen LogP) is 4.55. The van der Waals surface area contributed by atoms with Crippen molar-refractivity contribution in [1.29, 1.82) is 0 Å². The van der Waals surface area contributed by atoms with Gasteiger partial charge in [0.15, 0.2) is 5.78 Å². The van der Waals surface area contributed by atoms with E-state index >= 15 is 0 Å². The van der Waals surface area contributed by atoms with Crippen molar-refractivity contribution in [3.05, 3.63) is 45.8 Å². The topological polar surface area (TPSA) is 56.0 Å². The van der Waals surface area contributed by atoms with Crippen LogP contribution in [0.2, 0.25) is 0 Å². The summed E-state index contributed by atoms with van der Waals surface area (Å²) in [4.78, 5) is 18.3.